The number of hydrogen-bond acceptors (Lipinski definition) is 6. The number of thiazole rings is 1. The van der Waals surface area contributed by atoms with Crippen LogP contribution >= 0.6 is 46.2 Å². The predicted octanol–water partition coefficient (Wildman–Crippen LogP) is 5.16. The van der Waals surface area contributed by atoms with E-state index in [1.807, 2.05) is 46.2 Å². The molecule has 1 atom stereocenters. The summed E-state index contributed by atoms with van der Waals surface area (Å²) in [5.41, 5.74) is 1.02. The number of amides is 1. The van der Waals surface area contributed by atoms with Crippen molar-refractivity contribution in [2.75, 3.05) is 24.6 Å². The van der Waals surface area contributed by atoms with Crippen LogP contribution in [-0.4, -0.2) is 40.4 Å². The van der Waals surface area contributed by atoms with Gasteiger partial charge in [0.05, 0.1) is 16.0 Å². The number of nitrogens with zero attached hydrogens (tertiary/aromatic N) is 2. The van der Waals surface area contributed by atoms with Crippen molar-refractivity contribution in [1.29, 1.82) is 0 Å². The highest BCUT2D eigenvalue weighted by molar-refractivity contribution is 8.01. The molecule has 0 saturated carbocycles. The molecular formula is C18H18N2OS4. The van der Waals surface area contributed by atoms with Gasteiger partial charge in [-0.15, -0.1) is 22.7 Å². The Balaban J connectivity index is 1.33. The minimum atomic E-state index is 0.233. The molecule has 0 bridgehead atoms. The molecule has 2 aromatic heterocycles. The second kappa shape index (κ2) is 8.12. The Labute approximate surface area is 163 Å². The highest BCUT2D eigenvalue weighted by atomic mass is 32.2. The molecule has 1 aliphatic heterocycles. The van der Waals surface area contributed by atoms with E-state index in [2.05, 4.69) is 28.6 Å². The molecule has 130 valence electrons. The first-order valence-electron chi connectivity index (χ1n) is 8.21. The van der Waals surface area contributed by atoms with Crippen LogP contribution in [0.5, 0.6) is 0 Å². The van der Waals surface area contributed by atoms with E-state index < -0.39 is 0 Å². The molecule has 1 amide bonds. The van der Waals surface area contributed by atoms with Crippen molar-refractivity contribution in [2.45, 2.75) is 16.0 Å². The molecule has 1 aromatic carbocycles. The van der Waals surface area contributed by atoms with Crippen molar-refractivity contribution in [3.63, 3.8) is 0 Å². The first kappa shape index (κ1) is 17.4. The molecule has 0 spiro atoms. The zero-order chi connectivity index (χ0) is 17.1. The van der Waals surface area contributed by atoms with Gasteiger partial charge in [0, 0.05) is 29.0 Å². The Bertz CT molecular complexity index is 813. The largest absolute Gasteiger partial charge is 0.341 e. The van der Waals surface area contributed by atoms with E-state index in [9.17, 15) is 4.79 Å². The quantitative estimate of drug-likeness (QED) is 0.561. The summed E-state index contributed by atoms with van der Waals surface area (Å²) < 4.78 is 2.16. The number of fused-ring (bicyclic) bond motifs is 1. The van der Waals surface area contributed by atoms with Crippen molar-refractivity contribution in [1.82, 2.24) is 9.88 Å². The van der Waals surface area contributed by atoms with Crippen LogP contribution in [-0.2, 0) is 4.79 Å². The van der Waals surface area contributed by atoms with Crippen LogP contribution in [0.3, 0.4) is 0 Å². The summed E-state index contributed by atoms with van der Waals surface area (Å²) in [5.74, 6) is 1.73. The second-order valence-corrected chi connectivity index (χ2v) is 10.3. The minimum Gasteiger partial charge on any atom is -0.341 e. The summed E-state index contributed by atoms with van der Waals surface area (Å²) in [4.78, 5) is 20.7. The number of carbonyl (C=O) groups excluding carboxylic acids is 1. The lowest BCUT2D eigenvalue weighted by molar-refractivity contribution is -0.128. The molecule has 4 rings (SSSR count). The molecule has 3 nitrogen and oxygen atoms in total. The third-order valence-electron chi connectivity index (χ3n) is 4.15. The van der Waals surface area contributed by atoms with Crippen molar-refractivity contribution in [3.8, 4) is 0 Å². The van der Waals surface area contributed by atoms with E-state index in [1.54, 1.807) is 23.1 Å². The average Bonchev–Trinajstić information content (AvgIpc) is 3.24. The normalized spacial score (nSPS) is 18.4. The first-order chi connectivity index (χ1) is 12.3. The molecule has 1 fully saturated rings. The lowest BCUT2D eigenvalue weighted by Gasteiger charge is -2.19. The Morgan fingerprint density at radius 3 is 3.00 bits per heavy atom. The van der Waals surface area contributed by atoms with E-state index in [0.717, 1.165) is 35.1 Å². The van der Waals surface area contributed by atoms with Crippen molar-refractivity contribution < 1.29 is 4.79 Å². The van der Waals surface area contributed by atoms with Crippen LogP contribution in [0.15, 0.2) is 46.1 Å². The summed E-state index contributed by atoms with van der Waals surface area (Å²) in [6.45, 7) is 1.71. The van der Waals surface area contributed by atoms with Crippen molar-refractivity contribution in [2.24, 2.45) is 0 Å². The zero-order valence-corrected chi connectivity index (χ0v) is 16.9. The number of carbonyl (C=O) groups is 1. The summed E-state index contributed by atoms with van der Waals surface area (Å²) in [7, 11) is 0. The fourth-order valence-electron chi connectivity index (χ4n) is 2.85. The highest BCUT2D eigenvalue weighted by Crippen LogP contribution is 2.37. The van der Waals surface area contributed by atoms with Gasteiger partial charge >= 0.3 is 0 Å². The maximum atomic E-state index is 12.6. The topological polar surface area (TPSA) is 33.2 Å². The van der Waals surface area contributed by atoms with Gasteiger partial charge in [0.1, 0.15) is 0 Å². The monoisotopic (exact) mass is 406 g/mol. The van der Waals surface area contributed by atoms with Crippen LogP contribution in [0.25, 0.3) is 10.2 Å². The van der Waals surface area contributed by atoms with Gasteiger partial charge < -0.3 is 4.90 Å². The Morgan fingerprint density at radius 2 is 2.16 bits per heavy atom. The maximum Gasteiger partial charge on any atom is 0.233 e. The summed E-state index contributed by atoms with van der Waals surface area (Å²) in [6.07, 6.45) is 1.04. The van der Waals surface area contributed by atoms with Crippen LogP contribution in [0, 0.1) is 0 Å². The van der Waals surface area contributed by atoms with Crippen LogP contribution in [0.1, 0.15) is 16.5 Å². The Hall–Kier alpha value is -1.02. The van der Waals surface area contributed by atoms with Crippen LogP contribution < -0.4 is 0 Å². The number of aromatic nitrogens is 1. The first-order valence-corrected chi connectivity index (χ1v) is 11.9. The van der Waals surface area contributed by atoms with E-state index >= 15 is 0 Å². The van der Waals surface area contributed by atoms with Gasteiger partial charge in [0.15, 0.2) is 4.34 Å². The van der Waals surface area contributed by atoms with Gasteiger partial charge in [-0.3, -0.25) is 4.79 Å². The third-order valence-corrected chi connectivity index (χ3v) is 8.76. The smallest absolute Gasteiger partial charge is 0.233 e. The summed E-state index contributed by atoms with van der Waals surface area (Å²) in [5, 5.41) is 2.67. The van der Waals surface area contributed by atoms with E-state index in [-0.39, 0.29) is 5.91 Å². The molecule has 1 aliphatic rings. The molecule has 0 N–H and O–H groups in total. The highest BCUT2D eigenvalue weighted by Gasteiger charge is 2.22. The van der Waals surface area contributed by atoms with Crippen LogP contribution in [0.2, 0.25) is 0 Å². The number of thiophene rings is 1. The third kappa shape index (κ3) is 4.22. The molecule has 0 radical (unpaired) electrons. The number of hydrogen-bond donors (Lipinski definition) is 0. The molecule has 7 heteroatoms. The fraction of sp³-hybridized carbons (Fsp3) is 0.333. The maximum absolute atomic E-state index is 12.6. The molecular weight excluding hydrogens is 388 g/mol. The van der Waals surface area contributed by atoms with Crippen LogP contribution in [0.4, 0.5) is 0 Å². The Kier molecular flexibility index (Phi) is 5.65. The summed E-state index contributed by atoms with van der Waals surface area (Å²) >= 11 is 7.03. The SMILES string of the molecule is O=C(CSc1nc2ccccc2s1)N1CCS[C@H](c2cccs2)CC1. The van der Waals surface area contributed by atoms with Gasteiger partial charge in [-0.1, -0.05) is 30.0 Å². The number of rotatable bonds is 4. The fourth-order valence-corrected chi connectivity index (χ4v) is 7.06. The Morgan fingerprint density at radius 1 is 1.24 bits per heavy atom. The van der Waals surface area contributed by atoms with E-state index in [0.29, 0.717) is 11.0 Å². The lowest BCUT2D eigenvalue weighted by atomic mass is 10.2. The lowest BCUT2D eigenvalue weighted by Crippen LogP contribution is -2.34. The summed E-state index contributed by atoms with van der Waals surface area (Å²) in [6, 6.07) is 12.5. The van der Waals surface area contributed by atoms with E-state index in [1.165, 1.54) is 9.58 Å². The predicted molar refractivity (Wildman–Crippen MR) is 111 cm³/mol. The minimum absolute atomic E-state index is 0.233. The molecule has 0 aliphatic carbocycles. The average molecular weight is 407 g/mol. The molecule has 3 aromatic rings. The second-order valence-electron chi connectivity index (χ2n) is 5.78. The van der Waals surface area contributed by atoms with Gasteiger partial charge in [-0.25, -0.2) is 4.98 Å². The van der Waals surface area contributed by atoms with Gasteiger partial charge in [0.2, 0.25) is 5.91 Å². The number of benzene rings is 1. The number of para-hydroxylation sites is 1. The molecule has 1 saturated heterocycles. The standard InChI is InChI=1S/C18H18N2OS4/c21-17(12-24-18-19-13-4-1-2-5-14(13)25-18)20-8-7-16(23-11-9-20)15-6-3-10-22-15/h1-6,10,16H,7-9,11-12H2/t16-/m0/s1. The van der Waals surface area contributed by atoms with Gasteiger partial charge in [0.25, 0.3) is 0 Å². The zero-order valence-electron chi connectivity index (χ0n) is 13.6. The van der Waals surface area contributed by atoms with E-state index in [4.69, 9.17) is 0 Å². The molecule has 0 unspecified atom stereocenters. The molecule has 25 heavy (non-hydrogen) atoms. The number of thioether (sulfide) groups is 2. The van der Waals surface area contributed by atoms with Crippen molar-refractivity contribution >= 4 is 62.3 Å². The molecule has 3 heterocycles. The van der Waals surface area contributed by atoms with Crippen molar-refractivity contribution in [3.05, 3.63) is 46.7 Å². The van der Waals surface area contributed by atoms with Gasteiger partial charge in [-0.05, 0) is 30.0 Å². The van der Waals surface area contributed by atoms with Gasteiger partial charge in [-0.2, -0.15) is 11.8 Å².